The molecule has 0 bridgehead atoms. The fraction of sp³-hybridized carbons (Fsp3) is 0.250. The molecule has 11 heavy (non-hydrogen) atoms. The van der Waals surface area contributed by atoms with Crippen molar-refractivity contribution in [1.82, 2.24) is 0 Å². The van der Waals surface area contributed by atoms with E-state index in [2.05, 4.69) is 69.0 Å². The third kappa shape index (κ3) is 2.63. The molecular weight excluding hydrogens is 317 g/mol. The van der Waals surface area contributed by atoms with E-state index in [1.54, 1.807) is 0 Å². The number of halogens is 2. The Balaban J connectivity index is 2.90. The molecular formula is C8H9BrIN. The summed E-state index contributed by atoms with van der Waals surface area (Å²) in [6.07, 6.45) is 0. The van der Waals surface area contributed by atoms with Gasteiger partial charge < -0.3 is 5.32 Å². The van der Waals surface area contributed by atoms with Gasteiger partial charge in [-0.05, 0) is 63.6 Å². The van der Waals surface area contributed by atoms with Gasteiger partial charge in [-0.15, -0.1) is 0 Å². The van der Waals surface area contributed by atoms with Gasteiger partial charge in [0, 0.05) is 20.3 Å². The number of nitrogens with one attached hydrogen (secondary N) is 1. The molecule has 1 aromatic rings. The van der Waals surface area contributed by atoms with E-state index >= 15 is 0 Å². The number of anilines is 1. The molecule has 1 nitrogen and oxygen atoms in total. The van der Waals surface area contributed by atoms with Gasteiger partial charge in [0.15, 0.2) is 0 Å². The van der Waals surface area contributed by atoms with Crippen molar-refractivity contribution in [1.29, 1.82) is 0 Å². The van der Waals surface area contributed by atoms with E-state index in [0.29, 0.717) is 0 Å². The normalized spacial score (nSPS) is 9.73. The van der Waals surface area contributed by atoms with Gasteiger partial charge in [0.2, 0.25) is 0 Å². The minimum Gasteiger partial charge on any atom is -0.384 e. The molecule has 0 aliphatic carbocycles. The number of benzene rings is 1. The van der Waals surface area contributed by atoms with Crippen LogP contribution < -0.4 is 5.32 Å². The van der Waals surface area contributed by atoms with E-state index in [1.165, 1.54) is 3.57 Å². The summed E-state index contributed by atoms with van der Waals surface area (Å²) >= 11 is 5.77. The van der Waals surface area contributed by atoms with Crippen molar-refractivity contribution in [2.24, 2.45) is 0 Å². The molecule has 0 saturated carbocycles. The van der Waals surface area contributed by atoms with E-state index in [9.17, 15) is 0 Å². The monoisotopic (exact) mass is 325 g/mol. The summed E-state index contributed by atoms with van der Waals surface area (Å²) in [5.74, 6) is 0. The Hall–Kier alpha value is 0.230. The maximum Gasteiger partial charge on any atom is 0.0485 e. The van der Waals surface area contributed by atoms with E-state index < -0.39 is 0 Å². The van der Waals surface area contributed by atoms with Crippen molar-refractivity contribution in [2.45, 2.75) is 6.92 Å². The fourth-order valence-electron chi connectivity index (χ4n) is 0.823. The van der Waals surface area contributed by atoms with Gasteiger partial charge in [0.25, 0.3) is 0 Å². The van der Waals surface area contributed by atoms with Crippen LogP contribution in [-0.4, -0.2) is 6.54 Å². The molecule has 3 heteroatoms. The lowest BCUT2D eigenvalue weighted by Gasteiger charge is -2.05. The standard InChI is InChI=1S/C8H9BrIN/c1-2-11-8-4-3-6(10)5-7(8)9/h3-5,11H,2H2,1H3. The largest absolute Gasteiger partial charge is 0.384 e. The maximum absolute atomic E-state index is 3.48. The van der Waals surface area contributed by atoms with E-state index in [1.807, 2.05) is 0 Å². The van der Waals surface area contributed by atoms with Crippen LogP contribution >= 0.6 is 38.5 Å². The van der Waals surface area contributed by atoms with Crippen LogP contribution in [0.4, 0.5) is 5.69 Å². The third-order valence-electron chi connectivity index (χ3n) is 1.30. The molecule has 60 valence electrons. The number of rotatable bonds is 2. The second-order valence-electron chi connectivity index (χ2n) is 2.15. The Bertz CT molecular complexity index is 250. The first-order valence-corrected chi connectivity index (χ1v) is 5.30. The first-order valence-electron chi connectivity index (χ1n) is 3.43. The van der Waals surface area contributed by atoms with Crippen LogP contribution in [0.5, 0.6) is 0 Å². The third-order valence-corrected chi connectivity index (χ3v) is 2.63. The van der Waals surface area contributed by atoms with Gasteiger partial charge in [0.05, 0.1) is 0 Å². The average Bonchev–Trinajstić information content (AvgIpc) is 1.95. The summed E-state index contributed by atoms with van der Waals surface area (Å²) in [5, 5.41) is 3.25. The highest BCUT2D eigenvalue weighted by Gasteiger charge is 1.96. The van der Waals surface area contributed by atoms with Crippen molar-refractivity contribution in [2.75, 3.05) is 11.9 Å². The van der Waals surface area contributed by atoms with Crippen molar-refractivity contribution in [3.05, 3.63) is 26.2 Å². The van der Waals surface area contributed by atoms with Crippen LogP contribution in [0.25, 0.3) is 0 Å². The van der Waals surface area contributed by atoms with Gasteiger partial charge in [-0.3, -0.25) is 0 Å². The molecule has 0 saturated heterocycles. The maximum atomic E-state index is 3.48. The second kappa shape index (κ2) is 4.30. The summed E-state index contributed by atoms with van der Waals surface area (Å²) in [6.45, 7) is 3.05. The van der Waals surface area contributed by atoms with Crippen LogP contribution in [0.3, 0.4) is 0 Å². The van der Waals surface area contributed by atoms with E-state index in [-0.39, 0.29) is 0 Å². The predicted molar refractivity (Wildman–Crippen MR) is 61.0 cm³/mol. The minimum absolute atomic E-state index is 0.958. The molecule has 0 aromatic heterocycles. The Morgan fingerprint density at radius 1 is 1.55 bits per heavy atom. The first-order chi connectivity index (χ1) is 5.24. The highest BCUT2D eigenvalue weighted by molar-refractivity contribution is 14.1. The lowest BCUT2D eigenvalue weighted by Crippen LogP contribution is -1.96. The number of hydrogen-bond acceptors (Lipinski definition) is 1. The number of hydrogen-bond donors (Lipinski definition) is 1. The van der Waals surface area contributed by atoms with Gasteiger partial charge in [0.1, 0.15) is 0 Å². The Labute approximate surface area is 88.8 Å². The summed E-state index contributed by atoms with van der Waals surface area (Å²) in [7, 11) is 0. The zero-order valence-corrected chi connectivity index (χ0v) is 9.94. The molecule has 0 fully saturated rings. The Kier molecular flexibility index (Phi) is 3.65. The molecule has 1 rings (SSSR count). The zero-order chi connectivity index (χ0) is 8.27. The molecule has 0 amide bonds. The molecule has 0 heterocycles. The molecule has 0 atom stereocenters. The summed E-state index contributed by atoms with van der Waals surface area (Å²) in [4.78, 5) is 0. The lowest BCUT2D eigenvalue weighted by molar-refractivity contribution is 1.21. The highest BCUT2D eigenvalue weighted by Crippen LogP contribution is 2.23. The van der Waals surface area contributed by atoms with Crippen LogP contribution in [-0.2, 0) is 0 Å². The summed E-state index contributed by atoms with van der Waals surface area (Å²) < 4.78 is 2.38. The van der Waals surface area contributed by atoms with E-state index in [4.69, 9.17) is 0 Å². The highest BCUT2D eigenvalue weighted by atomic mass is 127. The molecule has 1 N–H and O–H groups in total. The SMILES string of the molecule is CCNc1ccc(I)cc1Br. The molecule has 0 spiro atoms. The van der Waals surface area contributed by atoms with Crippen molar-refractivity contribution < 1.29 is 0 Å². The summed E-state index contributed by atoms with van der Waals surface area (Å²) in [5.41, 5.74) is 1.16. The van der Waals surface area contributed by atoms with Crippen molar-refractivity contribution in [3.8, 4) is 0 Å². The summed E-state index contributed by atoms with van der Waals surface area (Å²) in [6, 6.07) is 6.26. The molecule has 0 radical (unpaired) electrons. The van der Waals surface area contributed by atoms with Gasteiger partial charge >= 0.3 is 0 Å². The van der Waals surface area contributed by atoms with Crippen molar-refractivity contribution >= 4 is 44.2 Å². The van der Waals surface area contributed by atoms with E-state index in [0.717, 1.165) is 16.7 Å². The molecule has 0 unspecified atom stereocenters. The molecule has 1 aromatic carbocycles. The minimum atomic E-state index is 0.958. The van der Waals surface area contributed by atoms with Gasteiger partial charge in [-0.1, -0.05) is 0 Å². The van der Waals surface area contributed by atoms with Gasteiger partial charge in [-0.25, -0.2) is 0 Å². The first kappa shape index (κ1) is 9.32. The Morgan fingerprint density at radius 3 is 2.82 bits per heavy atom. The average molecular weight is 326 g/mol. The fourth-order valence-corrected chi connectivity index (χ4v) is 2.26. The Morgan fingerprint density at radius 2 is 2.27 bits per heavy atom. The lowest BCUT2D eigenvalue weighted by atomic mass is 10.3. The van der Waals surface area contributed by atoms with Crippen LogP contribution in [0.2, 0.25) is 0 Å². The smallest absolute Gasteiger partial charge is 0.0485 e. The van der Waals surface area contributed by atoms with Crippen LogP contribution in [0, 0.1) is 3.57 Å². The quantitative estimate of drug-likeness (QED) is 0.821. The topological polar surface area (TPSA) is 12.0 Å². The zero-order valence-electron chi connectivity index (χ0n) is 6.20. The molecule has 0 aliphatic heterocycles. The van der Waals surface area contributed by atoms with Crippen molar-refractivity contribution in [3.63, 3.8) is 0 Å². The van der Waals surface area contributed by atoms with Crippen LogP contribution in [0.1, 0.15) is 6.92 Å². The predicted octanol–water partition coefficient (Wildman–Crippen LogP) is 3.49. The van der Waals surface area contributed by atoms with Crippen LogP contribution in [0.15, 0.2) is 22.7 Å². The second-order valence-corrected chi connectivity index (χ2v) is 4.25. The van der Waals surface area contributed by atoms with Gasteiger partial charge in [-0.2, -0.15) is 0 Å². The molecule has 0 aliphatic rings.